The average molecular weight is 355 g/mol. The second-order valence-corrected chi connectivity index (χ2v) is 5.36. The molecule has 1 radical (unpaired) electrons. The van der Waals surface area contributed by atoms with Crippen molar-refractivity contribution >= 4 is 11.9 Å². The Labute approximate surface area is 155 Å². The van der Waals surface area contributed by atoms with E-state index in [1.165, 1.54) is 5.56 Å². The predicted octanol–water partition coefficient (Wildman–Crippen LogP) is -1.46. The van der Waals surface area contributed by atoms with Gasteiger partial charge in [0, 0.05) is 0 Å². The van der Waals surface area contributed by atoms with Crippen LogP contribution in [-0.2, 0) is 27.1 Å². The monoisotopic (exact) mass is 354 g/mol. The fraction of sp³-hybridized carbons (Fsp3) is 0.235. The van der Waals surface area contributed by atoms with Crippen molar-refractivity contribution in [1.29, 1.82) is 0 Å². The first kappa shape index (κ1) is 22.7. The van der Waals surface area contributed by atoms with Gasteiger partial charge in [-0.3, -0.25) is 0 Å². The number of hydrogen-bond donors (Lipinski definition) is 0. The van der Waals surface area contributed by atoms with E-state index in [1.54, 1.807) is 0 Å². The molecule has 0 spiro atoms. The van der Waals surface area contributed by atoms with Crippen LogP contribution in [0.3, 0.4) is 0 Å². The van der Waals surface area contributed by atoms with Crippen LogP contribution in [0.5, 0.6) is 0 Å². The molecule has 0 aliphatic rings. The van der Waals surface area contributed by atoms with E-state index in [0.29, 0.717) is 0 Å². The molecule has 0 saturated heterocycles. The van der Waals surface area contributed by atoms with Crippen molar-refractivity contribution in [2.75, 3.05) is 0 Å². The van der Waals surface area contributed by atoms with E-state index in [2.05, 4.69) is 44.0 Å². The number of benzene rings is 2. The number of hydrogen-bond acceptors (Lipinski definition) is 1. The molecule has 0 fully saturated rings. The van der Waals surface area contributed by atoms with E-state index < -0.39 is 0 Å². The average Bonchev–Trinajstić information content (AvgIpc) is 2.37. The van der Waals surface area contributed by atoms with Gasteiger partial charge in [0.2, 0.25) is 0 Å². The Morgan fingerprint density at radius 1 is 0.905 bits per heavy atom. The summed E-state index contributed by atoms with van der Waals surface area (Å²) in [7, 11) is 0. The Kier molecular flexibility index (Phi) is 11.0. The first-order valence-electron chi connectivity index (χ1n) is 6.18. The van der Waals surface area contributed by atoms with Crippen LogP contribution >= 0.6 is 0 Å². The van der Waals surface area contributed by atoms with Gasteiger partial charge >= 0.3 is 21.7 Å². The van der Waals surface area contributed by atoms with Crippen molar-refractivity contribution in [3.8, 4) is 0 Å². The smallest absolute Gasteiger partial charge is 1.00 e. The second-order valence-electron chi connectivity index (χ2n) is 5.36. The summed E-state index contributed by atoms with van der Waals surface area (Å²) in [6.45, 7) is 6.57. The molecule has 109 valence electrons. The van der Waals surface area contributed by atoms with Crippen LogP contribution in [0.25, 0.3) is 0 Å². The number of nitrogens with zero attached hydrogens (tertiary/aromatic N) is 1. The normalized spacial score (nSPS) is 10.2. The number of aliphatic imine (C=N–C) groups is 1. The van der Waals surface area contributed by atoms with Crippen LogP contribution in [0.1, 0.15) is 31.9 Å². The van der Waals surface area contributed by atoms with Crippen molar-refractivity contribution < 1.29 is 46.5 Å². The van der Waals surface area contributed by atoms with Crippen LogP contribution in [-0.4, -0.2) is 6.21 Å². The van der Waals surface area contributed by atoms with Crippen LogP contribution in [0.15, 0.2) is 53.5 Å². The molecule has 1 nitrogen and oxygen atoms in total. The molecule has 2 aromatic rings. The molecule has 0 aliphatic carbocycles. The molecule has 2 aromatic carbocycles. The molecular formula is C17H18Cl2NTi. The third-order valence-electron chi connectivity index (χ3n) is 2.73. The van der Waals surface area contributed by atoms with E-state index in [0.717, 1.165) is 11.3 Å². The topological polar surface area (TPSA) is 12.4 Å². The van der Waals surface area contributed by atoms with E-state index in [-0.39, 0.29) is 51.9 Å². The number of rotatable bonds is 2. The van der Waals surface area contributed by atoms with Crippen LogP contribution in [0.4, 0.5) is 5.69 Å². The Morgan fingerprint density at radius 2 is 1.52 bits per heavy atom. The fourth-order valence-corrected chi connectivity index (χ4v) is 1.66. The van der Waals surface area contributed by atoms with Crippen molar-refractivity contribution in [3.63, 3.8) is 0 Å². The Morgan fingerprint density at radius 3 is 2.10 bits per heavy atom. The largest absolute Gasteiger partial charge is 3.00 e. The molecule has 0 aromatic heterocycles. The molecule has 0 bridgehead atoms. The molecule has 0 heterocycles. The standard InChI is InChI=1S/C17H18N.2ClH.Ti/c1-17(2,3)15-9-7-8-14(12-15)13-18-16-10-5-4-6-11-16;;;/h4-11,13H,1-3H3;2*1H;/q-1;;;+3/p-2. The zero-order valence-electron chi connectivity index (χ0n) is 12.4. The van der Waals surface area contributed by atoms with E-state index in [9.17, 15) is 0 Å². The van der Waals surface area contributed by atoms with Gasteiger partial charge in [0.25, 0.3) is 0 Å². The summed E-state index contributed by atoms with van der Waals surface area (Å²) in [5, 5.41) is 0. The number of para-hydroxylation sites is 1. The summed E-state index contributed by atoms with van der Waals surface area (Å²) in [6, 6.07) is 19.6. The molecule has 0 saturated carbocycles. The van der Waals surface area contributed by atoms with Gasteiger partial charge in [-0.25, -0.2) is 0 Å². The van der Waals surface area contributed by atoms with Gasteiger partial charge in [0.05, 0.1) is 5.69 Å². The van der Waals surface area contributed by atoms with Gasteiger partial charge in [0.15, 0.2) is 0 Å². The minimum Gasteiger partial charge on any atom is -1.00 e. The summed E-state index contributed by atoms with van der Waals surface area (Å²) in [5.74, 6) is 0. The van der Waals surface area contributed by atoms with Crippen LogP contribution in [0, 0.1) is 6.07 Å². The van der Waals surface area contributed by atoms with Gasteiger partial charge in [-0.05, 0) is 23.8 Å². The molecule has 0 unspecified atom stereocenters. The predicted molar refractivity (Wildman–Crippen MR) is 77.7 cm³/mol. The Bertz CT molecular complexity index is 548. The first-order valence-corrected chi connectivity index (χ1v) is 6.18. The summed E-state index contributed by atoms with van der Waals surface area (Å²) >= 11 is 0. The zero-order chi connectivity index (χ0) is 13.0. The minimum absolute atomic E-state index is 0. The van der Waals surface area contributed by atoms with E-state index >= 15 is 0 Å². The SMILES string of the molecule is CC(C)(C)c1[c-]c(C=Nc2ccccc2)ccc1.[Cl-].[Cl-].[Ti+3]. The van der Waals surface area contributed by atoms with Crippen molar-refractivity contribution in [1.82, 2.24) is 0 Å². The van der Waals surface area contributed by atoms with Crippen molar-refractivity contribution in [3.05, 3.63) is 65.7 Å². The number of halogens is 2. The summed E-state index contributed by atoms with van der Waals surface area (Å²) < 4.78 is 0. The Balaban J connectivity index is 0. The fourth-order valence-electron chi connectivity index (χ4n) is 1.66. The van der Waals surface area contributed by atoms with Gasteiger partial charge in [-0.15, -0.1) is 35.4 Å². The first-order chi connectivity index (χ1) is 8.55. The quantitative estimate of drug-likeness (QED) is 0.355. The summed E-state index contributed by atoms with van der Waals surface area (Å²) in [4.78, 5) is 4.44. The second kappa shape index (κ2) is 10.2. The van der Waals surface area contributed by atoms with Crippen molar-refractivity contribution in [2.24, 2.45) is 4.99 Å². The molecule has 21 heavy (non-hydrogen) atoms. The van der Waals surface area contributed by atoms with Gasteiger partial charge in [0.1, 0.15) is 0 Å². The molecule has 0 aliphatic heterocycles. The maximum absolute atomic E-state index is 4.44. The summed E-state index contributed by atoms with van der Waals surface area (Å²) in [6.07, 6.45) is 1.87. The Hall–Kier alpha value is -0.596. The van der Waals surface area contributed by atoms with Gasteiger partial charge < -0.3 is 29.8 Å². The maximum Gasteiger partial charge on any atom is 3.00 e. The molecule has 4 heteroatoms. The zero-order valence-corrected chi connectivity index (χ0v) is 15.5. The summed E-state index contributed by atoms with van der Waals surface area (Å²) in [5.41, 5.74) is 3.31. The van der Waals surface area contributed by atoms with Crippen LogP contribution in [0.2, 0.25) is 0 Å². The molecule has 0 atom stereocenters. The molecule has 0 amide bonds. The third-order valence-corrected chi connectivity index (χ3v) is 2.73. The minimum atomic E-state index is 0. The maximum atomic E-state index is 4.44. The van der Waals surface area contributed by atoms with Crippen molar-refractivity contribution in [2.45, 2.75) is 26.2 Å². The molecule has 2 rings (SSSR count). The van der Waals surface area contributed by atoms with Crippen LogP contribution < -0.4 is 24.8 Å². The van der Waals surface area contributed by atoms with E-state index in [4.69, 9.17) is 0 Å². The van der Waals surface area contributed by atoms with Gasteiger partial charge in [-0.2, -0.15) is 0 Å². The van der Waals surface area contributed by atoms with E-state index in [1.807, 2.05) is 42.6 Å². The third kappa shape index (κ3) is 7.29. The van der Waals surface area contributed by atoms with Gasteiger partial charge in [-0.1, -0.05) is 39.0 Å². The molecular weight excluding hydrogens is 337 g/mol. The molecule has 0 N–H and O–H groups in total.